The van der Waals surface area contributed by atoms with Crippen molar-refractivity contribution in [1.29, 1.82) is 0 Å². The Bertz CT molecular complexity index is 1270. The Hall–Kier alpha value is -3.87. The second-order valence-electron chi connectivity index (χ2n) is 15.8. The topological polar surface area (TPSA) is 184 Å². The van der Waals surface area contributed by atoms with Gasteiger partial charge in [0.1, 0.15) is 24.3 Å². The van der Waals surface area contributed by atoms with Crippen LogP contribution in [0.15, 0.2) is 30.3 Å². The van der Waals surface area contributed by atoms with Crippen molar-refractivity contribution in [2.45, 2.75) is 156 Å². The van der Waals surface area contributed by atoms with Gasteiger partial charge in [-0.2, -0.15) is 0 Å². The molecular weight excluding hydrogens is 678 g/mol. The number of amides is 5. The maximum atomic E-state index is 13.9. The van der Waals surface area contributed by atoms with Gasteiger partial charge in [0, 0.05) is 19.0 Å². The Labute approximate surface area is 316 Å². The monoisotopic (exact) mass is 745 g/mol. The highest BCUT2D eigenvalue weighted by atomic mass is 16.6. The van der Waals surface area contributed by atoms with E-state index in [1.807, 2.05) is 30.3 Å². The van der Waals surface area contributed by atoms with Crippen molar-refractivity contribution >= 4 is 29.9 Å². The number of hydrogen-bond donors (Lipinski definition) is 6. The second kappa shape index (κ2) is 23.7. The summed E-state index contributed by atoms with van der Waals surface area (Å²) in [5.41, 5.74) is 0.105. The molecule has 53 heavy (non-hydrogen) atoms. The first-order chi connectivity index (χ1) is 25.1. The molecule has 0 heterocycles. The molecule has 0 saturated heterocycles. The minimum atomic E-state index is -1.08. The molecule has 13 heteroatoms. The summed E-state index contributed by atoms with van der Waals surface area (Å²) in [4.78, 5) is 65.5. The number of aliphatic hydroxyl groups excluding tert-OH is 1. The van der Waals surface area contributed by atoms with E-state index >= 15 is 0 Å². The van der Waals surface area contributed by atoms with Gasteiger partial charge in [-0.15, -0.1) is 0 Å². The fourth-order valence-corrected chi connectivity index (χ4v) is 6.34. The minimum absolute atomic E-state index is 0.00195. The highest BCUT2D eigenvalue weighted by Crippen LogP contribution is 2.29. The van der Waals surface area contributed by atoms with Gasteiger partial charge in [-0.3, -0.25) is 14.4 Å². The molecule has 0 aromatic heterocycles. The number of unbranched alkanes of at least 4 members (excludes halogenated alkanes) is 1. The van der Waals surface area contributed by atoms with E-state index in [4.69, 9.17) is 9.47 Å². The highest BCUT2D eigenvalue weighted by molar-refractivity contribution is 5.91. The third-order valence-electron chi connectivity index (χ3n) is 9.38. The van der Waals surface area contributed by atoms with Gasteiger partial charge in [-0.05, 0) is 70.3 Å². The van der Waals surface area contributed by atoms with Crippen LogP contribution in [0, 0.1) is 17.8 Å². The summed E-state index contributed by atoms with van der Waals surface area (Å²) < 4.78 is 10.7. The maximum Gasteiger partial charge on any atom is 0.408 e. The molecule has 1 fully saturated rings. The number of carbonyl (C=O) groups is 5. The number of benzene rings is 1. The Balaban J connectivity index is 2.16. The third kappa shape index (κ3) is 18.6. The number of aliphatic hydroxyl groups is 1. The summed E-state index contributed by atoms with van der Waals surface area (Å²) in [5, 5.41) is 25.5. The first kappa shape index (κ1) is 45.3. The summed E-state index contributed by atoms with van der Waals surface area (Å²) in [6.45, 7) is 13.5. The molecule has 1 aromatic carbocycles. The number of ether oxygens (including phenoxy) is 2. The maximum absolute atomic E-state index is 13.9. The fraction of sp³-hybridized carbons (Fsp3) is 0.725. The Morgan fingerprint density at radius 1 is 0.830 bits per heavy atom. The molecule has 0 spiro atoms. The van der Waals surface area contributed by atoms with Crippen LogP contribution in [0.5, 0.6) is 0 Å². The van der Waals surface area contributed by atoms with Gasteiger partial charge in [-0.25, -0.2) is 9.59 Å². The average molecular weight is 746 g/mol. The average Bonchev–Trinajstić information content (AvgIpc) is 3.10. The van der Waals surface area contributed by atoms with Crippen LogP contribution in [0.3, 0.4) is 0 Å². The van der Waals surface area contributed by atoms with Crippen LogP contribution in [0.4, 0.5) is 9.59 Å². The molecule has 0 aliphatic heterocycles. The molecule has 300 valence electrons. The van der Waals surface area contributed by atoms with E-state index in [-0.39, 0.29) is 37.8 Å². The van der Waals surface area contributed by atoms with Crippen LogP contribution < -0.4 is 26.6 Å². The molecule has 2 rings (SSSR count). The normalized spacial score (nSPS) is 16.3. The van der Waals surface area contributed by atoms with Crippen molar-refractivity contribution in [2.75, 3.05) is 13.1 Å². The predicted molar refractivity (Wildman–Crippen MR) is 205 cm³/mol. The zero-order valence-electron chi connectivity index (χ0n) is 33.1. The molecule has 0 bridgehead atoms. The van der Waals surface area contributed by atoms with Crippen LogP contribution in [0.2, 0.25) is 0 Å². The number of rotatable bonds is 21. The summed E-state index contributed by atoms with van der Waals surface area (Å²) in [6.07, 6.45) is 6.03. The SMILES string of the molecule is CCCCNC(=O)[C@H](C)C[C@H](O)[C@H](CC1CCCCC1)NC(=O)[C@@H](NC(=O)[C@H](CCCNC(=O)OC(C)(C)C)NC(=O)OCc1ccccc1)C(C)C. The lowest BCUT2D eigenvalue weighted by Crippen LogP contribution is -2.58. The molecule has 13 nitrogen and oxygen atoms in total. The number of carbonyl (C=O) groups excluding carboxylic acids is 5. The van der Waals surface area contributed by atoms with Crippen molar-refractivity contribution < 1.29 is 38.6 Å². The largest absolute Gasteiger partial charge is 0.445 e. The van der Waals surface area contributed by atoms with Crippen molar-refractivity contribution in [1.82, 2.24) is 26.6 Å². The molecule has 1 saturated carbocycles. The minimum Gasteiger partial charge on any atom is -0.445 e. The first-order valence-electron chi connectivity index (χ1n) is 19.6. The summed E-state index contributed by atoms with van der Waals surface area (Å²) in [7, 11) is 0. The fourth-order valence-electron chi connectivity index (χ4n) is 6.34. The summed E-state index contributed by atoms with van der Waals surface area (Å²) in [5.74, 6) is -1.63. The predicted octanol–water partition coefficient (Wildman–Crippen LogP) is 5.49. The van der Waals surface area contributed by atoms with Gasteiger partial charge in [0.15, 0.2) is 0 Å². The first-order valence-corrected chi connectivity index (χ1v) is 19.6. The highest BCUT2D eigenvalue weighted by Gasteiger charge is 2.34. The smallest absolute Gasteiger partial charge is 0.408 e. The quantitative estimate of drug-likeness (QED) is 0.0894. The van der Waals surface area contributed by atoms with E-state index in [1.54, 1.807) is 41.5 Å². The molecule has 1 aliphatic rings. The molecule has 0 unspecified atom stereocenters. The van der Waals surface area contributed by atoms with Crippen LogP contribution in [0.25, 0.3) is 0 Å². The van der Waals surface area contributed by atoms with Gasteiger partial charge in [-0.1, -0.05) is 96.6 Å². The zero-order chi connectivity index (χ0) is 39.4. The van der Waals surface area contributed by atoms with Crippen molar-refractivity contribution in [2.24, 2.45) is 17.8 Å². The number of nitrogens with one attached hydrogen (secondary N) is 5. The molecule has 5 amide bonds. The number of alkyl carbamates (subject to hydrolysis) is 2. The Morgan fingerprint density at radius 3 is 2.11 bits per heavy atom. The standard InChI is InChI=1S/C40H67N5O8/c1-8-9-22-41-35(47)28(4)24-33(46)32(25-29-17-12-10-13-18-29)43-37(49)34(27(2)3)45-36(48)31(21-16-23-42-38(50)53-40(5,6)7)44-39(51)52-26-30-19-14-11-15-20-30/h11,14-15,19-20,27-29,31-34,46H,8-10,12-13,16-18,21-26H2,1-7H3,(H,41,47)(H,42,50)(H,43,49)(H,44,51)(H,45,48)/t28-,31+,32+,33+,34+/m1/s1. The molecule has 0 radical (unpaired) electrons. The number of hydrogen-bond acceptors (Lipinski definition) is 8. The zero-order valence-corrected chi connectivity index (χ0v) is 33.1. The lowest BCUT2D eigenvalue weighted by Gasteiger charge is -2.33. The van der Waals surface area contributed by atoms with E-state index in [0.717, 1.165) is 44.1 Å². The van der Waals surface area contributed by atoms with Gasteiger partial charge in [0.05, 0.1) is 12.1 Å². The Morgan fingerprint density at radius 2 is 1.49 bits per heavy atom. The van der Waals surface area contributed by atoms with Crippen LogP contribution in [0.1, 0.15) is 125 Å². The van der Waals surface area contributed by atoms with Gasteiger partial charge >= 0.3 is 12.2 Å². The van der Waals surface area contributed by atoms with Crippen LogP contribution in [-0.4, -0.2) is 77.9 Å². The van der Waals surface area contributed by atoms with E-state index in [9.17, 15) is 29.1 Å². The molecule has 5 atom stereocenters. The van der Waals surface area contributed by atoms with Crippen LogP contribution >= 0.6 is 0 Å². The van der Waals surface area contributed by atoms with Crippen molar-refractivity contribution in [3.05, 3.63) is 35.9 Å². The van der Waals surface area contributed by atoms with Gasteiger partial charge < -0.3 is 41.2 Å². The van der Waals surface area contributed by atoms with Crippen molar-refractivity contribution in [3.63, 3.8) is 0 Å². The van der Waals surface area contributed by atoms with Crippen LogP contribution in [-0.2, 0) is 30.5 Å². The Kier molecular flexibility index (Phi) is 20.3. The molecule has 1 aromatic rings. The third-order valence-corrected chi connectivity index (χ3v) is 9.38. The molecular formula is C40H67N5O8. The van der Waals surface area contributed by atoms with E-state index < -0.39 is 59.7 Å². The van der Waals surface area contributed by atoms with E-state index in [2.05, 4.69) is 33.5 Å². The van der Waals surface area contributed by atoms with Gasteiger partial charge in [0.2, 0.25) is 17.7 Å². The summed E-state index contributed by atoms with van der Waals surface area (Å²) >= 11 is 0. The lowest BCUT2D eigenvalue weighted by molar-refractivity contribution is -0.132. The summed E-state index contributed by atoms with van der Waals surface area (Å²) in [6, 6.07) is 6.45. The van der Waals surface area contributed by atoms with E-state index in [0.29, 0.717) is 25.3 Å². The van der Waals surface area contributed by atoms with Gasteiger partial charge in [0.25, 0.3) is 0 Å². The van der Waals surface area contributed by atoms with E-state index in [1.165, 1.54) is 6.42 Å². The van der Waals surface area contributed by atoms with Crippen molar-refractivity contribution in [3.8, 4) is 0 Å². The molecule has 6 N–H and O–H groups in total. The lowest BCUT2D eigenvalue weighted by atomic mass is 9.82. The molecule has 1 aliphatic carbocycles. The second-order valence-corrected chi connectivity index (χ2v) is 15.8.